The topological polar surface area (TPSA) is 219 Å². The van der Waals surface area contributed by atoms with Gasteiger partial charge in [0.2, 0.25) is 0 Å². The van der Waals surface area contributed by atoms with Crippen molar-refractivity contribution in [1.29, 1.82) is 0 Å². The third-order valence-corrected chi connectivity index (χ3v) is 3.53. The van der Waals surface area contributed by atoms with Gasteiger partial charge in [0.25, 0.3) is 0 Å². The van der Waals surface area contributed by atoms with Crippen molar-refractivity contribution in [3.8, 4) is 0 Å². The minimum Gasteiger partial charge on any atom is -0.481 e. The molecule has 10 N–H and O–H groups in total. The van der Waals surface area contributed by atoms with Gasteiger partial charge >= 0.3 is 23.9 Å². The third kappa shape index (κ3) is 17.0. The molecule has 1 aromatic carbocycles. The number of carboxylic acids is 3. The molecular formula is C16H24N4O7S2. The lowest BCUT2D eigenvalue weighted by molar-refractivity contribution is -0.140. The molecule has 2 unspecified atom stereocenters. The molecule has 0 aliphatic rings. The molecule has 2 amide bonds. The number of primary amides is 2. The predicted molar refractivity (Wildman–Crippen MR) is 113 cm³/mol. The van der Waals surface area contributed by atoms with Crippen LogP contribution in [0.2, 0.25) is 0 Å². The zero-order valence-corrected chi connectivity index (χ0v) is 16.9. The number of carbonyl (C=O) groups is 4. The second kappa shape index (κ2) is 16.1. The number of nitrogens with two attached hydrogens (primary N) is 3. The molecule has 0 aromatic heterocycles. The van der Waals surface area contributed by atoms with Gasteiger partial charge in [-0.2, -0.15) is 12.6 Å². The van der Waals surface area contributed by atoms with Crippen molar-refractivity contribution >= 4 is 53.8 Å². The molecule has 2 atom stereocenters. The number of thiocarbonyl (C=S) groups is 1. The van der Waals surface area contributed by atoms with E-state index in [0.717, 1.165) is 5.56 Å². The van der Waals surface area contributed by atoms with Crippen molar-refractivity contribution in [1.82, 2.24) is 5.32 Å². The van der Waals surface area contributed by atoms with Crippen molar-refractivity contribution in [2.75, 3.05) is 5.75 Å². The highest BCUT2D eigenvalue weighted by Gasteiger charge is 2.16. The average molecular weight is 449 g/mol. The number of benzene rings is 1. The summed E-state index contributed by atoms with van der Waals surface area (Å²) in [6.07, 6.45) is -0.224. The molecule has 0 radical (unpaired) electrons. The van der Waals surface area contributed by atoms with E-state index in [0.29, 0.717) is 4.99 Å². The normalized spacial score (nSPS) is 11.2. The van der Waals surface area contributed by atoms with Gasteiger partial charge in [0.15, 0.2) is 0 Å². The zero-order chi connectivity index (χ0) is 23.0. The molecule has 1 aromatic rings. The summed E-state index contributed by atoms with van der Waals surface area (Å²) >= 11 is 9.01. The maximum Gasteiger partial charge on any atom is 0.326 e. The first-order valence-electron chi connectivity index (χ1n) is 7.87. The van der Waals surface area contributed by atoms with Crippen LogP contribution in [0.3, 0.4) is 0 Å². The van der Waals surface area contributed by atoms with Gasteiger partial charge in [-0.15, -0.1) is 0 Å². The number of thiol groups is 1. The van der Waals surface area contributed by atoms with Crippen molar-refractivity contribution in [2.24, 2.45) is 17.2 Å². The fourth-order valence-corrected chi connectivity index (χ4v) is 1.94. The van der Waals surface area contributed by atoms with Crippen molar-refractivity contribution in [2.45, 2.75) is 24.9 Å². The number of aliphatic carboxylic acids is 3. The summed E-state index contributed by atoms with van der Waals surface area (Å²) in [6.45, 7) is 0. The van der Waals surface area contributed by atoms with Crippen molar-refractivity contribution < 1.29 is 34.5 Å². The van der Waals surface area contributed by atoms with E-state index in [9.17, 15) is 14.4 Å². The Hall–Kier alpha value is -2.90. The Morgan fingerprint density at radius 2 is 1.52 bits per heavy atom. The minimum absolute atomic E-state index is 0.0231. The number of carboxylic acid groups (broad SMARTS) is 3. The fraction of sp³-hybridized carbons (Fsp3) is 0.312. The molecule has 29 heavy (non-hydrogen) atoms. The smallest absolute Gasteiger partial charge is 0.326 e. The summed E-state index contributed by atoms with van der Waals surface area (Å²) in [6, 6.07) is 6.58. The highest BCUT2D eigenvalue weighted by Crippen LogP contribution is 2.01. The number of rotatable bonds is 8. The van der Waals surface area contributed by atoms with Crippen LogP contribution in [-0.2, 0) is 14.4 Å². The first-order valence-corrected chi connectivity index (χ1v) is 8.91. The number of urea groups is 1. The predicted octanol–water partition coefficient (Wildman–Crippen LogP) is -0.378. The van der Waals surface area contributed by atoms with Crippen LogP contribution in [0.4, 0.5) is 4.79 Å². The number of nitrogens with one attached hydrogen (secondary N) is 1. The molecule has 13 heteroatoms. The monoisotopic (exact) mass is 448 g/mol. The van der Waals surface area contributed by atoms with Crippen LogP contribution in [0.15, 0.2) is 30.3 Å². The maximum atomic E-state index is 10.7. The first kappa shape index (κ1) is 28.3. The number of hydrogen-bond acceptors (Lipinski definition) is 7. The largest absolute Gasteiger partial charge is 0.481 e. The molecule has 0 aliphatic carbocycles. The highest BCUT2D eigenvalue weighted by molar-refractivity contribution is 7.81. The van der Waals surface area contributed by atoms with Crippen LogP contribution in [0.25, 0.3) is 0 Å². The van der Waals surface area contributed by atoms with Gasteiger partial charge in [-0.1, -0.05) is 42.5 Å². The van der Waals surface area contributed by atoms with Gasteiger partial charge < -0.3 is 37.8 Å². The lowest BCUT2D eigenvalue weighted by Crippen LogP contribution is -2.41. The van der Waals surface area contributed by atoms with E-state index in [1.807, 2.05) is 30.3 Å². The lowest BCUT2D eigenvalue weighted by Gasteiger charge is -2.13. The van der Waals surface area contributed by atoms with Gasteiger partial charge in [-0.05, 0) is 6.42 Å². The molecule has 0 saturated carbocycles. The van der Waals surface area contributed by atoms with Gasteiger partial charge in [0, 0.05) is 17.7 Å². The second-order valence-electron chi connectivity index (χ2n) is 5.19. The quantitative estimate of drug-likeness (QED) is 0.190. The summed E-state index contributed by atoms with van der Waals surface area (Å²) in [5.74, 6) is -2.95. The van der Waals surface area contributed by atoms with E-state index in [-0.39, 0.29) is 18.6 Å². The minimum atomic E-state index is -1.17. The van der Waals surface area contributed by atoms with E-state index >= 15 is 0 Å². The number of hydrogen-bond donors (Lipinski definition) is 8. The number of carbonyl (C=O) groups excluding carboxylic acids is 1. The van der Waals surface area contributed by atoms with E-state index in [1.54, 1.807) is 0 Å². The lowest BCUT2D eigenvalue weighted by atomic mass is 10.2. The summed E-state index contributed by atoms with van der Waals surface area (Å²) in [7, 11) is 0. The maximum absolute atomic E-state index is 10.7. The highest BCUT2D eigenvalue weighted by atomic mass is 32.1. The van der Waals surface area contributed by atoms with E-state index in [1.165, 1.54) is 0 Å². The number of amides is 2. The van der Waals surface area contributed by atoms with E-state index in [4.69, 9.17) is 38.1 Å². The summed E-state index contributed by atoms with van der Waals surface area (Å²) in [4.78, 5) is 40.0. The van der Waals surface area contributed by atoms with Crippen LogP contribution >= 0.6 is 24.8 Å². The van der Waals surface area contributed by atoms with Crippen LogP contribution < -0.4 is 22.5 Å². The van der Waals surface area contributed by atoms with E-state index in [2.05, 4.69) is 29.4 Å². The average Bonchev–Trinajstić information content (AvgIpc) is 2.64. The molecule has 0 aliphatic heterocycles. The Bertz CT molecular complexity index is 685. The van der Waals surface area contributed by atoms with Crippen LogP contribution in [0, 0.1) is 0 Å². The van der Waals surface area contributed by atoms with Crippen LogP contribution in [-0.4, -0.2) is 62.1 Å². The molecule has 1 rings (SSSR count). The zero-order valence-electron chi connectivity index (χ0n) is 15.2. The van der Waals surface area contributed by atoms with Crippen LogP contribution in [0.5, 0.6) is 0 Å². The Balaban J connectivity index is 0. The Morgan fingerprint density at radius 3 is 1.86 bits per heavy atom. The molecule has 0 saturated heterocycles. The molecule has 0 heterocycles. The van der Waals surface area contributed by atoms with Crippen LogP contribution in [0.1, 0.15) is 18.4 Å². The standard InChI is InChI=1S/C10H11NO2S2.C5H9NO4.CH4N2O/c12-10(13)8(6-14)11-9(15)7-4-2-1-3-5-7;6-3(5(9)10)1-2-4(7)8;2-1(3)4/h1-5,8,14H,6H2,(H,11,15)(H,12,13);3H,1-2,6H2,(H,7,8)(H,9,10);(H4,2,3,4). The molecule has 162 valence electrons. The van der Waals surface area contributed by atoms with Gasteiger partial charge in [0.1, 0.15) is 17.1 Å². The second-order valence-corrected chi connectivity index (χ2v) is 5.97. The van der Waals surface area contributed by atoms with Crippen molar-refractivity contribution in [3.05, 3.63) is 35.9 Å². The summed E-state index contributed by atoms with van der Waals surface area (Å²) in [5, 5.41) is 27.8. The summed E-state index contributed by atoms with van der Waals surface area (Å²) in [5.41, 5.74) is 14.3. The molecule has 0 fully saturated rings. The third-order valence-electron chi connectivity index (χ3n) is 2.81. The SMILES string of the molecule is NC(CCC(=O)O)C(=O)O.NC(N)=O.O=C(O)C(CS)NC(=S)c1ccccc1. The van der Waals surface area contributed by atoms with Gasteiger partial charge in [-0.3, -0.25) is 9.59 Å². The van der Waals surface area contributed by atoms with Gasteiger partial charge in [0.05, 0.1) is 0 Å². The molecule has 0 spiro atoms. The summed E-state index contributed by atoms with van der Waals surface area (Å²) < 4.78 is 0. The Kier molecular flexibility index (Phi) is 15.7. The Morgan fingerprint density at radius 1 is 1.03 bits per heavy atom. The van der Waals surface area contributed by atoms with E-state index < -0.39 is 36.0 Å². The Labute approximate surface area is 177 Å². The molecular weight excluding hydrogens is 424 g/mol. The molecule has 11 nitrogen and oxygen atoms in total. The van der Waals surface area contributed by atoms with Crippen molar-refractivity contribution in [3.63, 3.8) is 0 Å². The fourth-order valence-electron chi connectivity index (χ4n) is 1.42. The molecule has 0 bridgehead atoms. The first-order chi connectivity index (χ1) is 13.4. The van der Waals surface area contributed by atoms with Gasteiger partial charge in [-0.25, -0.2) is 9.59 Å².